The number of ether oxygens (including phenoxy) is 1. The molecular weight excluding hydrogens is 378 g/mol. The molecule has 0 unspecified atom stereocenters. The highest BCUT2D eigenvalue weighted by Crippen LogP contribution is 2.27. The van der Waals surface area contributed by atoms with Crippen molar-refractivity contribution in [1.82, 2.24) is 14.8 Å². The molecule has 5 rings (SSSR count). The van der Waals surface area contributed by atoms with E-state index >= 15 is 0 Å². The van der Waals surface area contributed by atoms with Gasteiger partial charge in [0.25, 0.3) is 11.8 Å². The van der Waals surface area contributed by atoms with E-state index in [0.29, 0.717) is 31.0 Å². The van der Waals surface area contributed by atoms with Crippen molar-refractivity contribution in [3.05, 3.63) is 71.5 Å². The van der Waals surface area contributed by atoms with E-state index in [2.05, 4.69) is 4.98 Å². The molecule has 0 radical (unpaired) electrons. The lowest BCUT2D eigenvalue weighted by Crippen LogP contribution is -2.33. The van der Waals surface area contributed by atoms with Crippen LogP contribution < -0.4 is 4.74 Å². The van der Waals surface area contributed by atoms with Crippen molar-refractivity contribution in [3.8, 4) is 5.75 Å². The summed E-state index contributed by atoms with van der Waals surface area (Å²) in [5.41, 5.74) is 1.95. The lowest BCUT2D eigenvalue weighted by atomic mass is 10.1. The number of fused-ring (bicyclic) bond motifs is 2. The van der Waals surface area contributed by atoms with E-state index in [0.717, 1.165) is 48.0 Å². The summed E-state index contributed by atoms with van der Waals surface area (Å²) in [7, 11) is 0. The van der Waals surface area contributed by atoms with Crippen molar-refractivity contribution >= 4 is 22.6 Å². The van der Waals surface area contributed by atoms with Gasteiger partial charge in [-0.05, 0) is 42.5 Å². The van der Waals surface area contributed by atoms with Crippen LogP contribution in [0.1, 0.15) is 39.3 Å². The van der Waals surface area contributed by atoms with Gasteiger partial charge in [0.15, 0.2) is 0 Å². The minimum absolute atomic E-state index is 0.0492. The lowest BCUT2D eigenvalue weighted by Gasteiger charge is -2.21. The van der Waals surface area contributed by atoms with Crippen LogP contribution >= 0.6 is 0 Å². The number of benzene rings is 2. The molecule has 0 atom stereocenters. The molecule has 0 aliphatic carbocycles. The van der Waals surface area contributed by atoms with Gasteiger partial charge >= 0.3 is 0 Å². The van der Waals surface area contributed by atoms with Gasteiger partial charge in [0.1, 0.15) is 18.1 Å². The van der Waals surface area contributed by atoms with Gasteiger partial charge in [0, 0.05) is 42.3 Å². The Morgan fingerprint density at radius 2 is 1.73 bits per heavy atom. The van der Waals surface area contributed by atoms with Crippen LogP contribution in [-0.4, -0.2) is 52.8 Å². The zero-order valence-electron chi connectivity index (χ0n) is 16.7. The molecule has 2 aliphatic heterocycles. The molecule has 0 N–H and O–H groups in total. The van der Waals surface area contributed by atoms with E-state index in [9.17, 15) is 9.59 Å². The van der Waals surface area contributed by atoms with Crippen molar-refractivity contribution in [2.75, 3.05) is 26.2 Å². The fraction of sp³-hybridized carbons (Fsp3) is 0.292. The molecule has 3 heterocycles. The summed E-state index contributed by atoms with van der Waals surface area (Å²) in [6, 6.07) is 15.2. The number of likely N-dealkylation sites (tertiary alicyclic amines) is 1. The number of hydrogen-bond acceptors (Lipinski definition) is 4. The van der Waals surface area contributed by atoms with Gasteiger partial charge in [-0.15, -0.1) is 0 Å². The summed E-state index contributed by atoms with van der Waals surface area (Å²) in [4.78, 5) is 34.2. The summed E-state index contributed by atoms with van der Waals surface area (Å²) < 4.78 is 5.87. The van der Waals surface area contributed by atoms with Crippen LogP contribution in [0, 0.1) is 0 Å². The average Bonchev–Trinajstić information content (AvgIpc) is 3.24. The molecular formula is C24H23N3O3. The molecule has 6 nitrogen and oxygen atoms in total. The van der Waals surface area contributed by atoms with Gasteiger partial charge in [0.05, 0.1) is 6.54 Å². The van der Waals surface area contributed by atoms with Crippen LogP contribution in [0.15, 0.2) is 54.7 Å². The first-order valence-electron chi connectivity index (χ1n) is 10.4. The minimum atomic E-state index is -0.125. The van der Waals surface area contributed by atoms with E-state index < -0.39 is 0 Å². The Hall–Kier alpha value is -3.41. The fourth-order valence-electron chi connectivity index (χ4n) is 4.24. The SMILES string of the molecule is O=C(c1ccc2c(c1)CN(C(=O)c1nccc3ccccc13)CCO2)N1CCCC1. The van der Waals surface area contributed by atoms with E-state index in [-0.39, 0.29) is 11.8 Å². The molecule has 0 bridgehead atoms. The predicted molar refractivity (Wildman–Crippen MR) is 114 cm³/mol. The molecule has 2 amide bonds. The predicted octanol–water partition coefficient (Wildman–Crippen LogP) is 3.51. The van der Waals surface area contributed by atoms with Gasteiger partial charge in [-0.25, -0.2) is 0 Å². The van der Waals surface area contributed by atoms with E-state index in [1.54, 1.807) is 11.1 Å². The molecule has 0 spiro atoms. The van der Waals surface area contributed by atoms with Crippen LogP contribution in [0.3, 0.4) is 0 Å². The van der Waals surface area contributed by atoms with Crippen molar-refractivity contribution in [2.45, 2.75) is 19.4 Å². The van der Waals surface area contributed by atoms with Gasteiger partial charge in [0.2, 0.25) is 0 Å². The summed E-state index contributed by atoms with van der Waals surface area (Å²) in [6.45, 7) is 2.88. The first-order valence-corrected chi connectivity index (χ1v) is 10.4. The Balaban J connectivity index is 1.44. The molecule has 2 aliphatic rings. The van der Waals surface area contributed by atoms with Gasteiger partial charge in [-0.2, -0.15) is 0 Å². The second kappa shape index (κ2) is 7.78. The topological polar surface area (TPSA) is 62.7 Å². The zero-order valence-corrected chi connectivity index (χ0v) is 16.7. The van der Waals surface area contributed by atoms with Crippen LogP contribution in [-0.2, 0) is 6.54 Å². The number of pyridine rings is 1. The molecule has 152 valence electrons. The van der Waals surface area contributed by atoms with Crippen molar-refractivity contribution in [1.29, 1.82) is 0 Å². The number of carbonyl (C=O) groups is 2. The van der Waals surface area contributed by atoms with Gasteiger partial charge in [-0.3, -0.25) is 14.6 Å². The van der Waals surface area contributed by atoms with E-state index in [1.165, 1.54) is 0 Å². The number of hydrogen-bond donors (Lipinski definition) is 0. The Morgan fingerprint density at radius 3 is 2.60 bits per heavy atom. The second-order valence-electron chi connectivity index (χ2n) is 7.78. The Kier molecular flexibility index (Phi) is 4.83. The largest absolute Gasteiger partial charge is 0.491 e. The first-order chi connectivity index (χ1) is 14.7. The van der Waals surface area contributed by atoms with Gasteiger partial charge < -0.3 is 14.5 Å². The molecule has 3 aromatic rings. The number of rotatable bonds is 2. The van der Waals surface area contributed by atoms with Gasteiger partial charge in [-0.1, -0.05) is 24.3 Å². The van der Waals surface area contributed by atoms with E-state index in [4.69, 9.17) is 4.74 Å². The van der Waals surface area contributed by atoms with Crippen molar-refractivity contribution < 1.29 is 14.3 Å². The monoisotopic (exact) mass is 401 g/mol. The normalized spacial score (nSPS) is 16.1. The quantitative estimate of drug-likeness (QED) is 0.659. The average molecular weight is 401 g/mol. The smallest absolute Gasteiger partial charge is 0.273 e. The molecule has 2 aromatic carbocycles. The number of aromatic nitrogens is 1. The Bertz CT molecular complexity index is 1120. The molecule has 1 saturated heterocycles. The van der Waals surface area contributed by atoms with Crippen LogP contribution in [0.2, 0.25) is 0 Å². The summed E-state index contributed by atoms with van der Waals surface area (Å²) in [5, 5.41) is 1.83. The number of nitrogens with zero attached hydrogens (tertiary/aromatic N) is 3. The number of carbonyl (C=O) groups excluding carboxylic acids is 2. The minimum Gasteiger partial charge on any atom is -0.491 e. The zero-order chi connectivity index (χ0) is 20.5. The number of amides is 2. The van der Waals surface area contributed by atoms with Crippen LogP contribution in [0.25, 0.3) is 10.8 Å². The van der Waals surface area contributed by atoms with Crippen LogP contribution in [0.4, 0.5) is 0 Å². The second-order valence-corrected chi connectivity index (χ2v) is 7.78. The third kappa shape index (κ3) is 3.38. The lowest BCUT2D eigenvalue weighted by molar-refractivity contribution is 0.0729. The maximum atomic E-state index is 13.3. The molecule has 30 heavy (non-hydrogen) atoms. The highest BCUT2D eigenvalue weighted by atomic mass is 16.5. The Labute approximate surface area is 175 Å². The van der Waals surface area contributed by atoms with Crippen molar-refractivity contribution in [3.63, 3.8) is 0 Å². The summed E-state index contributed by atoms with van der Waals surface area (Å²) >= 11 is 0. The maximum absolute atomic E-state index is 13.3. The highest BCUT2D eigenvalue weighted by molar-refractivity contribution is 6.05. The molecule has 6 heteroatoms. The third-order valence-electron chi connectivity index (χ3n) is 5.84. The fourth-order valence-corrected chi connectivity index (χ4v) is 4.24. The molecule has 1 aromatic heterocycles. The highest BCUT2D eigenvalue weighted by Gasteiger charge is 2.25. The first kappa shape index (κ1) is 18.6. The molecule has 1 fully saturated rings. The van der Waals surface area contributed by atoms with Crippen molar-refractivity contribution in [2.24, 2.45) is 0 Å². The summed E-state index contributed by atoms with van der Waals surface area (Å²) in [5.74, 6) is 0.654. The summed E-state index contributed by atoms with van der Waals surface area (Å²) in [6.07, 6.45) is 3.78. The van der Waals surface area contributed by atoms with E-state index in [1.807, 2.05) is 53.4 Å². The standard InChI is InChI=1S/C24H23N3O3/c28-23(26-11-3-4-12-26)18-7-8-21-19(15-18)16-27(13-14-30-21)24(29)22-20-6-2-1-5-17(20)9-10-25-22/h1-2,5-10,15H,3-4,11-14,16H2. The van der Waals surface area contributed by atoms with Crippen LogP contribution in [0.5, 0.6) is 5.75 Å². The maximum Gasteiger partial charge on any atom is 0.273 e. The molecule has 0 saturated carbocycles. The third-order valence-corrected chi connectivity index (χ3v) is 5.84. The Morgan fingerprint density at radius 1 is 0.900 bits per heavy atom.